The molecular weight excluding hydrogens is 150 g/mol. The van der Waals surface area contributed by atoms with Crippen molar-refractivity contribution in [3.05, 3.63) is 35.4 Å². The van der Waals surface area contributed by atoms with Crippen molar-refractivity contribution < 1.29 is 4.74 Å². The lowest BCUT2D eigenvalue weighted by Crippen LogP contribution is -2.15. The summed E-state index contributed by atoms with van der Waals surface area (Å²) in [5, 5.41) is 0. The molecule has 1 atom stereocenters. The van der Waals surface area contributed by atoms with Crippen LogP contribution < -0.4 is 5.73 Å². The lowest BCUT2D eigenvalue weighted by atomic mass is 10.1. The molecule has 0 spiro atoms. The van der Waals surface area contributed by atoms with Crippen molar-refractivity contribution in [1.29, 1.82) is 0 Å². The lowest BCUT2D eigenvalue weighted by Gasteiger charge is -2.10. The Morgan fingerprint density at radius 1 is 1.33 bits per heavy atom. The van der Waals surface area contributed by atoms with Crippen LogP contribution in [0.5, 0.6) is 0 Å². The van der Waals surface area contributed by atoms with Gasteiger partial charge < -0.3 is 10.5 Å². The van der Waals surface area contributed by atoms with Gasteiger partial charge in [-0.15, -0.1) is 0 Å². The molecule has 0 aliphatic heterocycles. The van der Waals surface area contributed by atoms with E-state index in [-0.39, 0.29) is 6.04 Å². The van der Waals surface area contributed by atoms with Crippen LogP contribution in [-0.2, 0) is 4.74 Å². The van der Waals surface area contributed by atoms with E-state index in [1.54, 1.807) is 7.11 Å². The van der Waals surface area contributed by atoms with E-state index in [1.165, 1.54) is 5.56 Å². The first-order valence-corrected chi connectivity index (χ1v) is 4.05. The Morgan fingerprint density at radius 2 is 1.92 bits per heavy atom. The molecule has 1 aromatic rings. The molecular formula is C10H15NO. The Bertz CT molecular complexity index is 230. The largest absolute Gasteiger partial charge is 0.383 e. The summed E-state index contributed by atoms with van der Waals surface area (Å²) in [5.74, 6) is 0. The summed E-state index contributed by atoms with van der Waals surface area (Å²) in [4.78, 5) is 0. The van der Waals surface area contributed by atoms with Crippen LogP contribution in [-0.4, -0.2) is 13.7 Å². The van der Waals surface area contributed by atoms with E-state index in [9.17, 15) is 0 Å². The second-order valence-electron chi connectivity index (χ2n) is 2.97. The first-order valence-electron chi connectivity index (χ1n) is 4.05. The molecule has 0 heterocycles. The second-order valence-corrected chi connectivity index (χ2v) is 2.97. The van der Waals surface area contributed by atoms with E-state index in [4.69, 9.17) is 10.5 Å². The Hall–Kier alpha value is -0.860. The van der Waals surface area contributed by atoms with Crippen LogP contribution in [0.1, 0.15) is 17.2 Å². The van der Waals surface area contributed by atoms with Crippen molar-refractivity contribution in [3.63, 3.8) is 0 Å². The molecule has 0 fully saturated rings. The van der Waals surface area contributed by atoms with Gasteiger partial charge in [0.05, 0.1) is 12.6 Å². The van der Waals surface area contributed by atoms with Gasteiger partial charge in [0.1, 0.15) is 0 Å². The van der Waals surface area contributed by atoms with Gasteiger partial charge in [0.25, 0.3) is 0 Å². The molecule has 0 saturated carbocycles. The maximum Gasteiger partial charge on any atom is 0.0655 e. The van der Waals surface area contributed by atoms with Gasteiger partial charge in [-0.1, -0.05) is 29.8 Å². The molecule has 0 bridgehead atoms. The van der Waals surface area contributed by atoms with Crippen LogP contribution in [0.2, 0.25) is 0 Å². The number of ether oxygens (including phenoxy) is 1. The van der Waals surface area contributed by atoms with Gasteiger partial charge in [-0.25, -0.2) is 0 Å². The summed E-state index contributed by atoms with van der Waals surface area (Å²) in [5.41, 5.74) is 8.21. The quantitative estimate of drug-likeness (QED) is 0.739. The van der Waals surface area contributed by atoms with Crippen molar-refractivity contribution in [3.8, 4) is 0 Å². The fourth-order valence-corrected chi connectivity index (χ4v) is 1.09. The minimum absolute atomic E-state index is 0.00407. The minimum Gasteiger partial charge on any atom is -0.383 e. The predicted molar refractivity (Wildman–Crippen MR) is 50.0 cm³/mol. The number of aryl methyl sites for hydroxylation is 1. The number of nitrogens with two attached hydrogens (primary N) is 1. The molecule has 1 rings (SSSR count). The number of methoxy groups -OCH3 is 1. The standard InChI is InChI=1S/C10H15NO/c1-8-3-5-9(6-4-8)10(11)7-12-2/h3-6,10H,7,11H2,1-2H3/t10-/m0/s1. The Kier molecular flexibility index (Phi) is 3.26. The summed E-state index contributed by atoms with van der Waals surface area (Å²) >= 11 is 0. The smallest absolute Gasteiger partial charge is 0.0655 e. The Balaban J connectivity index is 2.68. The van der Waals surface area contributed by atoms with Crippen LogP contribution in [0.3, 0.4) is 0 Å². The molecule has 12 heavy (non-hydrogen) atoms. The van der Waals surface area contributed by atoms with Crippen LogP contribution in [0.15, 0.2) is 24.3 Å². The zero-order valence-corrected chi connectivity index (χ0v) is 7.58. The van der Waals surface area contributed by atoms with Gasteiger partial charge in [0.2, 0.25) is 0 Å². The number of rotatable bonds is 3. The summed E-state index contributed by atoms with van der Waals surface area (Å²) in [6.07, 6.45) is 0. The summed E-state index contributed by atoms with van der Waals surface area (Å²) in [7, 11) is 1.66. The summed E-state index contributed by atoms with van der Waals surface area (Å²) in [6, 6.07) is 8.20. The number of hydrogen-bond acceptors (Lipinski definition) is 2. The summed E-state index contributed by atoms with van der Waals surface area (Å²) < 4.78 is 4.96. The molecule has 0 saturated heterocycles. The third-order valence-corrected chi connectivity index (χ3v) is 1.85. The SMILES string of the molecule is COC[C@H](N)c1ccc(C)cc1. The van der Waals surface area contributed by atoms with Gasteiger partial charge in [0, 0.05) is 7.11 Å². The highest BCUT2D eigenvalue weighted by Crippen LogP contribution is 2.10. The van der Waals surface area contributed by atoms with E-state index in [0.717, 1.165) is 5.56 Å². The highest BCUT2D eigenvalue weighted by atomic mass is 16.5. The van der Waals surface area contributed by atoms with Crippen molar-refractivity contribution in [2.45, 2.75) is 13.0 Å². The van der Waals surface area contributed by atoms with Crippen LogP contribution >= 0.6 is 0 Å². The van der Waals surface area contributed by atoms with Crippen LogP contribution in [0, 0.1) is 6.92 Å². The molecule has 0 aliphatic rings. The number of hydrogen-bond donors (Lipinski definition) is 1. The Morgan fingerprint density at radius 3 is 2.42 bits per heavy atom. The zero-order valence-electron chi connectivity index (χ0n) is 7.58. The topological polar surface area (TPSA) is 35.2 Å². The molecule has 66 valence electrons. The molecule has 2 nitrogen and oxygen atoms in total. The first-order chi connectivity index (χ1) is 5.74. The van der Waals surface area contributed by atoms with E-state index < -0.39 is 0 Å². The normalized spacial score (nSPS) is 12.9. The highest BCUT2D eigenvalue weighted by Gasteiger charge is 2.03. The molecule has 1 aromatic carbocycles. The fraction of sp³-hybridized carbons (Fsp3) is 0.400. The first kappa shape index (κ1) is 9.23. The highest BCUT2D eigenvalue weighted by molar-refractivity contribution is 5.23. The lowest BCUT2D eigenvalue weighted by molar-refractivity contribution is 0.181. The van der Waals surface area contributed by atoms with Gasteiger partial charge in [-0.05, 0) is 12.5 Å². The molecule has 2 heteroatoms. The van der Waals surface area contributed by atoms with E-state index in [0.29, 0.717) is 6.61 Å². The molecule has 0 aliphatic carbocycles. The molecule has 0 radical (unpaired) electrons. The zero-order chi connectivity index (χ0) is 8.97. The van der Waals surface area contributed by atoms with E-state index in [1.807, 2.05) is 12.1 Å². The summed E-state index contributed by atoms with van der Waals surface area (Å²) in [6.45, 7) is 2.63. The molecule has 0 aromatic heterocycles. The monoisotopic (exact) mass is 165 g/mol. The number of benzene rings is 1. The van der Waals surface area contributed by atoms with Crippen molar-refractivity contribution in [1.82, 2.24) is 0 Å². The average molecular weight is 165 g/mol. The maximum absolute atomic E-state index is 5.83. The second kappa shape index (κ2) is 4.24. The van der Waals surface area contributed by atoms with Crippen molar-refractivity contribution >= 4 is 0 Å². The molecule has 2 N–H and O–H groups in total. The van der Waals surface area contributed by atoms with Crippen LogP contribution in [0.25, 0.3) is 0 Å². The average Bonchev–Trinajstić information content (AvgIpc) is 2.06. The van der Waals surface area contributed by atoms with Gasteiger partial charge in [-0.3, -0.25) is 0 Å². The maximum atomic E-state index is 5.83. The van der Waals surface area contributed by atoms with E-state index >= 15 is 0 Å². The van der Waals surface area contributed by atoms with Gasteiger partial charge in [-0.2, -0.15) is 0 Å². The third-order valence-electron chi connectivity index (χ3n) is 1.85. The molecule has 0 unspecified atom stereocenters. The predicted octanol–water partition coefficient (Wildman–Crippen LogP) is 1.64. The molecule has 0 amide bonds. The van der Waals surface area contributed by atoms with Gasteiger partial charge >= 0.3 is 0 Å². The Labute approximate surface area is 73.3 Å². The fourth-order valence-electron chi connectivity index (χ4n) is 1.09. The third kappa shape index (κ3) is 2.32. The van der Waals surface area contributed by atoms with E-state index in [2.05, 4.69) is 19.1 Å². The van der Waals surface area contributed by atoms with Gasteiger partial charge in [0.15, 0.2) is 0 Å². The van der Waals surface area contributed by atoms with Crippen LogP contribution in [0.4, 0.5) is 0 Å². The van der Waals surface area contributed by atoms with Crippen molar-refractivity contribution in [2.24, 2.45) is 5.73 Å². The van der Waals surface area contributed by atoms with Crippen molar-refractivity contribution in [2.75, 3.05) is 13.7 Å². The minimum atomic E-state index is -0.00407.